The van der Waals surface area contributed by atoms with Crippen LogP contribution in [-0.2, 0) is 5.54 Å². The van der Waals surface area contributed by atoms with Crippen molar-refractivity contribution in [2.24, 2.45) is 0 Å². The zero-order valence-corrected chi connectivity index (χ0v) is 12.0. The molecule has 2 aromatic rings. The summed E-state index contributed by atoms with van der Waals surface area (Å²) in [6, 6.07) is 7.43. The molecule has 0 fully saturated rings. The summed E-state index contributed by atoms with van der Waals surface area (Å²) in [7, 11) is 0. The summed E-state index contributed by atoms with van der Waals surface area (Å²) >= 11 is 5.89. The van der Waals surface area contributed by atoms with Gasteiger partial charge in [-0.3, -0.25) is 0 Å². The number of rotatable bonds is 1. The van der Waals surface area contributed by atoms with E-state index in [0.29, 0.717) is 16.5 Å². The highest BCUT2D eigenvalue weighted by molar-refractivity contribution is 6.30. The van der Waals surface area contributed by atoms with Gasteiger partial charge in [0.1, 0.15) is 5.82 Å². The number of nitrogens with two attached hydrogens (primary N) is 1. The Balaban J connectivity index is 2.65. The third-order valence-electron chi connectivity index (χ3n) is 3.01. The predicted molar refractivity (Wildman–Crippen MR) is 80.5 cm³/mol. The maximum atomic E-state index is 7.34. The van der Waals surface area contributed by atoms with Gasteiger partial charge >= 0.3 is 0 Å². The van der Waals surface area contributed by atoms with Crippen LogP contribution in [0.25, 0.3) is 16.0 Å². The van der Waals surface area contributed by atoms with Crippen LogP contribution in [0.5, 0.6) is 0 Å². The normalized spacial score (nSPS) is 11.3. The maximum absolute atomic E-state index is 7.34. The van der Waals surface area contributed by atoms with Crippen molar-refractivity contribution in [3.8, 4) is 11.1 Å². The number of nitrogens with zero attached hydrogens (tertiary/aromatic N) is 2. The van der Waals surface area contributed by atoms with Gasteiger partial charge in [-0.25, -0.2) is 4.85 Å². The molecule has 0 saturated carbocycles. The summed E-state index contributed by atoms with van der Waals surface area (Å²) in [5, 5.41) is 0.677. The fourth-order valence-electron chi connectivity index (χ4n) is 2.03. The summed E-state index contributed by atoms with van der Waals surface area (Å²) in [5.41, 5.74) is 8.23. The monoisotopic (exact) mass is 273 g/mol. The first-order valence-corrected chi connectivity index (χ1v) is 6.37. The van der Waals surface area contributed by atoms with Gasteiger partial charge in [0.15, 0.2) is 0 Å². The molecule has 0 unspecified atom stereocenters. The first kappa shape index (κ1) is 13.5. The van der Waals surface area contributed by atoms with Crippen LogP contribution in [-0.4, -0.2) is 4.57 Å². The van der Waals surface area contributed by atoms with Crippen molar-refractivity contribution in [3.05, 3.63) is 46.9 Å². The Kier molecular flexibility index (Phi) is 3.30. The lowest BCUT2D eigenvalue weighted by Gasteiger charge is -2.23. The van der Waals surface area contributed by atoms with Crippen molar-refractivity contribution < 1.29 is 0 Å². The van der Waals surface area contributed by atoms with Crippen molar-refractivity contribution in [3.63, 3.8) is 0 Å². The average Bonchev–Trinajstić information content (AvgIpc) is 2.67. The van der Waals surface area contributed by atoms with Crippen LogP contribution in [0.2, 0.25) is 5.02 Å². The van der Waals surface area contributed by atoms with Crippen molar-refractivity contribution in [1.29, 1.82) is 0 Å². The third-order valence-corrected chi connectivity index (χ3v) is 3.26. The molecule has 3 nitrogen and oxygen atoms in total. The number of halogens is 1. The molecular formula is C15H16ClN3. The van der Waals surface area contributed by atoms with Gasteiger partial charge in [-0.1, -0.05) is 23.7 Å². The predicted octanol–water partition coefficient (Wildman–Crippen LogP) is 4.70. The third kappa shape index (κ3) is 2.45. The Hall–Kier alpha value is -1.92. The molecule has 0 radical (unpaired) electrons. The van der Waals surface area contributed by atoms with E-state index < -0.39 is 0 Å². The van der Waals surface area contributed by atoms with Crippen LogP contribution in [0.1, 0.15) is 20.8 Å². The lowest BCUT2D eigenvalue weighted by molar-refractivity contribution is 0.405. The molecule has 0 bridgehead atoms. The second-order valence-corrected chi connectivity index (χ2v) is 5.87. The van der Waals surface area contributed by atoms with Gasteiger partial charge < -0.3 is 10.3 Å². The Morgan fingerprint density at radius 1 is 1.21 bits per heavy atom. The van der Waals surface area contributed by atoms with Crippen molar-refractivity contribution >= 4 is 23.1 Å². The number of anilines is 1. The first-order valence-electron chi connectivity index (χ1n) is 5.99. The van der Waals surface area contributed by atoms with Gasteiger partial charge in [0.25, 0.3) is 0 Å². The summed E-state index contributed by atoms with van der Waals surface area (Å²) < 4.78 is 1.93. The van der Waals surface area contributed by atoms with Crippen LogP contribution in [0.15, 0.2) is 30.5 Å². The quantitative estimate of drug-likeness (QED) is 0.751. The van der Waals surface area contributed by atoms with Crippen molar-refractivity contribution in [1.82, 2.24) is 4.57 Å². The number of hydrogen-bond donors (Lipinski definition) is 1. The smallest absolute Gasteiger partial charge is 0.235 e. The molecule has 1 heterocycles. The van der Waals surface area contributed by atoms with Crippen LogP contribution >= 0.6 is 11.6 Å². The fourth-order valence-corrected chi connectivity index (χ4v) is 2.15. The molecule has 0 aliphatic rings. The minimum Gasteiger partial charge on any atom is -0.394 e. The Morgan fingerprint density at radius 2 is 1.79 bits per heavy atom. The fraction of sp³-hybridized carbons (Fsp3) is 0.267. The Labute approximate surface area is 118 Å². The molecule has 0 spiro atoms. The second-order valence-electron chi connectivity index (χ2n) is 5.44. The van der Waals surface area contributed by atoms with E-state index in [-0.39, 0.29) is 5.54 Å². The van der Waals surface area contributed by atoms with Gasteiger partial charge in [-0.15, -0.1) is 0 Å². The summed E-state index contributed by atoms with van der Waals surface area (Å²) in [6.45, 7) is 13.5. The van der Waals surface area contributed by atoms with Gasteiger partial charge in [0.2, 0.25) is 5.69 Å². The van der Waals surface area contributed by atoms with Crippen molar-refractivity contribution in [2.45, 2.75) is 26.3 Å². The molecule has 0 amide bonds. The zero-order chi connectivity index (χ0) is 14.2. The second kappa shape index (κ2) is 4.64. The van der Waals surface area contributed by atoms with Crippen LogP contribution in [0.3, 0.4) is 0 Å². The first-order chi connectivity index (χ1) is 8.84. The van der Waals surface area contributed by atoms with Gasteiger partial charge in [-0.2, -0.15) is 0 Å². The van der Waals surface area contributed by atoms with E-state index in [1.54, 1.807) is 0 Å². The molecule has 4 heteroatoms. The molecular weight excluding hydrogens is 258 g/mol. The number of hydrogen-bond acceptors (Lipinski definition) is 1. The van der Waals surface area contributed by atoms with E-state index in [9.17, 15) is 0 Å². The molecule has 0 aliphatic carbocycles. The molecule has 0 aliphatic heterocycles. The minimum atomic E-state index is -0.159. The highest BCUT2D eigenvalue weighted by Crippen LogP contribution is 2.40. The molecule has 1 aromatic carbocycles. The summed E-state index contributed by atoms with van der Waals surface area (Å²) in [6.07, 6.45) is 1.94. The summed E-state index contributed by atoms with van der Waals surface area (Å²) in [5.74, 6) is 0.507. The van der Waals surface area contributed by atoms with Gasteiger partial charge in [0, 0.05) is 22.3 Å². The zero-order valence-electron chi connectivity index (χ0n) is 11.2. The minimum absolute atomic E-state index is 0.159. The molecule has 19 heavy (non-hydrogen) atoms. The molecule has 0 saturated heterocycles. The van der Waals surface area contributed by atoms with Gasteiger partial charge in [-0.05, 0) is 38.5 Å². The number of nitrogen functional groups attached to an aromatic ring is 1. The van der Waals surface area contributed by atoms with E-state index in [4.69, 9.17) is 23.9 Å². The van der Waals surface area contributed by atoms with Crippen molar-refractivity contribution in [2.75, 3.05) is 5.73 Å². The molecule has 2 rings (SSSR count). The van der Waals surface area contributed by atoms with Crippen LogP contribution < -0.4 is 5.73 Å². The largest absolute Gasteiger partial charge is 0.394 e. The number of benzene rings is 1. The topological polar surface area (TPSA) is 35.3 Å². The van der Waals surface area contributed by atoms with Crippen LogP contribution in [0, 0.1) is 6.57 Å². The molecule has 0 atom stereocenters. The maximum Gasteiger partial charge on any atom is 0.235 e. The van der Waals surface area contributed by atoms with E-state index in [1.807, 2.05) is 35.0 Å². The average molecular weight is 274 g/mol. The number of aromatic nitrogens is 1. The van der Waals surface area contributed by atoms with E-state index in [1.165, 1.54) is 0 Å². The Morgan fingerprint density at radius 3 is 2.26 bits per heavy atom. The van der Waals surface area contributed by atoms with E-state index >= 15 is 0 Å². The lowest BCUT2D eigenvalue weighted by Crippen LogP contribution is -2.22. The summed E-state index contributed by atoms with van der Waals surface area (Å²) in [4.78, 5) is 3.57. The highest BCUT2D eigenvalue weighted by atomic mass is 35.5. The Bertz CT molecular complexity index is 640. The molecule has 2 N–H and O–H groups in total. The van der Waals surface area contributed by atoms with Gasteiger partial charge in [0.05, 0.1) is 6.57 Å². The standard InChI is InChI=1S/C15H16ClN3/c1-15(2,3)19-9-12(13(18-4)14(19)17)10-5-7-11(16)8-6-10/h5-9H,17H2,1-3H3. The lowest BCUT2D eigenvalue weighted by atomic mass is 10.1. The molecule has 1 aromatic heterocycles. The van der Waals surface area contributed by atoms with E-state index in [2.05, 4.69) is 25.6 Å². The van der Waals surface area contributed by atoms with E-state index in [0.717, 1.165) is 11.1 Å². The SMILES string of the molecule is [C-]#[N+]c1c(-c2ccc(Cl)cc2)cn(C(C)(C)C)c1N. The van der Waals surface area contributed by atoms with Crippen LogP contribution in [0.4, 0.5) is 11.5 Å². The molecule has 98 valence electrons. The highest BCUT2D eigenvalue weighted by Gasteiger charge is 2.22.